The lowest BCUT2D eigenvalue weighted by Crippen LogP contribution is -2.17. The Hall–Kier alpha value is -3.50. The number of rotatable bonds is 6. The summed E-state index contributed by atoms with van der Waals surface area (Å²) in [5.41, 5.74) is 1.43. The highest BCUT2D eigenvalue weighted by Crippen LogP contribution is 2.26. The molecule has 2 aromatic heterocycles. The van der Waals surface area contributed by atoms with Crippen molar-refractivity contribution in [3.05, 3.63) is 83.1 Å². The summed E-state index contributed by atoms with van der Waals surface area (Å²) in [6, 6.07) is 15.4. The zero-order valence-corrected chi connectivity index (χ0v) is 17.9. The number of hydrogen-bond acceptors (Lipinski definition) is 5. The Kier molecular flexibility index (Phi) is 5.57. The number of H-pyrrole nitrogens is 1. The van der Waals surface area contributed by atoms with Gasteiger partial charge in [-0.2, -0.15) is 5.10 Å². The third kappa shape index (κ3) is 4.49. The number of halogens is 1. The van der Waals surface area contributed by atoms with Gasteiger partial charge in [0.05, 0.1) is 21.2 Å². The van der Waals surface area contributed by atoms with E-state index in [1.807, 2.05) is 17.5 Å². The van der Waals surface area contributed by atoms with E-state index in [2.05, 4.69) is 20.2 Å². The molecular formula is C21H17FN4O3S2. The summed E-state index contributed by atoms with van der Waals surface area (Å²) >= 11 is 1.51. The highest BCUT2D eigenvalue weighted by Gasteiger charge is 2.20. The van der Waals surface area contributed by atoms with Crippen molar-refractivity contribution >= 4 is 38.6 Å². The molecule has 10 heteroatoms. The highest BCUT2D eigenvalue weighted by atomic mass is 32.2. The second kappa shape index (κ2) is 8.32. The van der Waals surface area contributed by atoms with Gasteiger partial charge in [-0.3, -0.25) is 14.6 Å². The Bertz CT molecular complexity index is 1350. The number of para-hydroxylation sites is 1. The van der Waals surface area contributed by atoms with E-state index in [0.717, 1.165) is 10.9 Å². The van der Waals surface area contributed by atoms with Crippen molar-refractivity contribution in [3.8, 4) is 10.6 Å². The number of aromatic nitrogens is 2. The van der Waals surface area contributed by atoms with Crippen LogP contribution in [-0.2, 0) is 10.0 Å². The van der Waals surface area contributed by atoms with Gasteiger partial charge in [-0.15, -0.1) is 11.3 Å². The fourth-order valence-corrected chi connectivity index (χ4v) is 4.93. The van der Waals surface area contributed by atoms with Crippen LogP contribution in [0.2, 0.25) is 0 Å². The SMILES string of the molecule is Cc1ccc(NC(=O)c2cc(-c3cccs3)[nH]n2)cc1S(=O)(=O)Nc1ccccc1F. The zero-order valence-electron chi connectivity index (χ0n) is 16.2. The standard InChI is InChI=1S/C21H17FN4O3S2/c1-13-8-9-14(11-20(13)31(28,29)26-16-6-3-2-5-15(16)22)23-21(27)18-12-17(24-25-18)19-7-4-10-30-19/h2-12,26H,1H3,(H,23,27)(H,24,25). The molecule has 0 unspecified atom stereocenters. The molecule has 0 aliphatic carbocycles. The first-order valence-corrected chi connectivity index (χ1v) is 11.5. The normalized spacial score (nSPS) is 11.3. The molecule has 0 aliphatic heterocycles. The van der Waals surface area contributed by atoms with E-state index < -0.39 is 21.7 Å². The van der Waals surface area contributed by atoms with Gasteiger partial charge in [0, 0.05) is 5.69 Å². The van der Waals surface area contributed by atoms with Crippen LogP contribution in [0.25, 0.3) is 10.6 Å². The van der Waals surface area contributed by atoms with Crippen molar-refractivity contribution in [2.45, 2.75) is 11.8 Å². The van der Waals surface area contributed by atoms with Gasteiger partial charge in [-0.1, -0.05) is 24.3 Å². The van der Waals surface area contributed by atoms with Crippen molar-refractivity contribution < 1.29 is 17.6 Å². The Balaban J connectivity index is 1.56. The van der Waals surface area contributed by atoms with Crippen LogP contribution >= 0.6 is 11.3 Å². The fraction of sp³-hybridized carbons (Fsp3) is 0.0476. The first-order chi connectivity index (χ1) is 14.8. The topological polar surface area (TPSA) is 104 Å². The second-order valence-electron chi connectivity index (χ2n) is 6.66. The van der Waals surface area contributed by atoms with Gasteiger partial charge in [0.15, 0.2) is 5.69 Å². The number of nitrogens with one attached hydrogen (secondary N) is 3. The maximum Gasteiger partial charge on any atom is 0.276 e. The van der Waals surface area contributed by atoms with E-state index in [1.165, 1.54) is 35.6 Å². The molecule has 0 spiro atoms. The maximum absolute atomic E-state index is 13.9. The molecule has 0 saturated carbocycles. The number of anilines is 2. The van der Waals surface area contributed by atoms with Crippen molar-refractivity contribution in [1.82, 2.24) is 10.2 Å². The smallest absolute Gasteiger partial charge is 0.276 e. The average Bonchev–Trinajstić information content (AvgIpc) is 3.42. The number of nitrogens with zero attached hydrogens (tertiary/aromatic N) is 1. The van der Waals surface area contributed by atoms with Crippen LogP contribution in [0, 0.1) is 12.7 Å². The van der Waals surface area contributed by atoms with Gasteiger partial charge in [0.1, 0.15) is 5.82 Å². The van der Waals surface area contributed by atoms with Gasteiger partial charge in [-0.05, 0) is 54.3 Å². The molecule has 0 radical (unpaired) electrons. The van der Waals surface area contributed by atoms with Crippen LogP contribution in [0.1, 0.15) is 16.1 Å². The largest absolute Gasteiger partial charge is 0.321 e. The van der Waals surface area contributed by atoms with Crippen LogP contribution in [0.5, 0.6) is 0 Å². The van der Waals surface area contributed by atoms with Gasteiger partial charge in [0.25, 0.3) is 15.9 Å². The lowest BCUT2D eigenvalue weighted by molar-refractivity contribution is 0.102. The summed E-state index contributed by atoms with van der Waals surface area (Å²) in [6.45, 7) is 1.61. The monoisotopic (exact) mass is 456 g/mol. The lowest BCUT2D eigenvalue weighted by atomic mass is 10.2. The molecule has 0 aliphatic rings. The Labute approximate surface area is 182 Å². The molecule has 0 atom stereocenters. The number of carbonyl (C=O) groups is 1. The maximum atomic E-state index is 13.9. The Morgan fingerprint density at radius 3 is 2.65 bits per heavy atom. The molecule has 158 valence electrons. The quantitative estimate of drug-likeness (QED) is 0.393. The number of benzene rings is 2. The summed E-state index contributed by atoms with van der Waals surface area (Å²) < 4.78 is 41.8. The summed E-state index contributed by atoms with van der Waals surface area (Å²) in [5.74, 6) is -1.18. The van der Waals surface area contributed by atoms with Crippen LogP contribution < -0.4 is 10.0 Å². The molecular weight excluding hydrogens is 439 g/mol. The molecule has 0 saturated heterocycles. The van der Waals surface area contributed by atoms with E-state index in [-0.39, 0.29) is 22.0 Å². The van der Waals surface area contributed by atoms with Crippen LogP contribution in [0.15, 0.2) is 70.9 Å². The number of carbonyl (C=O) groups excluding carboxylic acids is 1. The summed E-state index contributed by atoms with van der Waals surface area (Å²) in [7, 11) is -4.08. The summed E-state index contributed by atoms with van der Waals surface area (Å²) in [6.07, 6.45) is 0. The van der Waals surface area contributed by atoms with Crippen molar-refractivity contribution in [1.29, 1.82) is 0 Å². The van der Waals surface area contributed by atoms with E-state index >= 15 is 0 Å². The predicted octanol–water partition coefficient (Wildman–Crippen LogP) is 4.64. The van der Waals surface area contributed by atoms with Crippen LogP contribution in [0.4, 0.5) is 15.8 Å². The molecule has 1 amide bonds. The minimum Gasteiger partial charge on any atom is -0.321 e. The lowest BCUT2D eigenvalue weighted by Gasteiger charge is -2.13. The molecule has 0 bridgehead atoms. The van der Waals surface area contributed by atoms with Crippen molar-refractivity contribution in [2.24, 2.45) is 0 Å². The minimum atomic E-state index is -4.08. The first-order valence-electron chi connectivity index (χ1n) is 9.12. The molecule has 7 nitrogen and oxygen atoms in total. The molecule has 4 rings (SSSR count). The summed E-state index contributed by atoms with van der Waals surface area (Å²) in [5, 5.41) is 11.4. The zero-order chi connectivity index (χ0) is 22.0. The Morgan fingerprint density at radius 1 is 1.10 bits per heavy atom. The van der Waals surface area contributed by atoms with Crippen LogP contribution in [-0.4, -0.2) is 24.5 Å². The van der Waals surface area contributed by atoms with E-state index in [0.29, 0.717) is 11.3 Å². The number of aromatic amines is 1. The number of sulfonamides is 1. The second-order valence-corrected chi connectivity index (χ2v) is 9.26. The van der Waals surface area contributed by atoms with Gasteiger partial charge >= 0.3 is 0 Å². The molecule has 2 aromatic carbocycles. The van der Waals surface area contributed by atoms with Crippen molar-refractivity contribution in [3.63, 3.8) is 0 Å². The molecule has 31 heavy (non-hydrogen) atoms. The molecule has 4 aromatic rings. The van der Waals surface area contributed by atoms with E-state index in [9.17, 15) is 17.6 Å². The number of hydrogen-bond donors (Lipinski definition) is 3. The Morgan fingerprint density at radius 2 is 1.90 bits per heavy atom. The number of aryl methyl sites for hydroxylation is 1. The van der Waals surface area contributed by atoms with E-state index in [4.69, 9.17) is 0 Å². The molecule has 3 N–H and O–H groups in total. The third-order valence-corrected chi connectivity index (χ3v) is 6.86. The van der Waals surface area contributed by atoms with Gasteiger partial charge in [0.2, 0.25) is 0 Å². The third-order valence-electron chi connectivity index (χ3n) is 4.45. The minimum absolute atomic E-state index is 0.0742. The molecule has 2 heterocycles. The molecule has 0 fully saturated rings. The van der Waals surface area contributed by atoms with Crippen molar-refractivity contribution in [2.75, 3.05) is 10.0 Å². The summed E-state index contributed by atoms with van der Waals surface area (Å²) in [4.78, 5) is 13.4. The fourth-order valence-electron chi connectivity index (χ4n) is 2.90. The van der Waals surface area contributed by atoms with Gasteiger partial charge < -0.3 is 5.32 Å². The highest BCUT2D eigenvalue weighted by molar-refractivity contribution is 7.92. The average molecular weight is 457 g/mol. The first kappa shape index (κ1) is 20.8. The van der Waals surface area contributed by atoms with Gasteiger partial charge in [-0.25, -0.2) is 12.8 Å². The van der Waals surface area contributed by atoms with Crippen LogP contribution in [0.3, 0.4) is 0 Å². The number of thiophene rings is 1. The van der Waals surface area contributed by atoms with E-state index in [1.54, 1.807) is 25.1 Å². The predicted molar refractivity (Wildman–Crippen MR) is 118 cm³/mol. The number of amides is 1.